The molecule has 0 unspecified atom stereocenters. The van der Waals surface area contributed by atoms with Gasteiger partial charge in [-0.1, -0.05) is 12.1 Å². The number of hydrogen-bond acceptors (Lipinski definition) is 9. The molecule has 10 nitrogen and oxygen atoms in total. The third-order valence-corrected chi connectivity index (χ3v) is 3.62. The Morgan fingerprint density at radius 2 is 2.08 bits per heavy atom. The van der Waals surface area contributed by atoms with Crippen LogP contribution in [-0.2, 0) is 9.53 Å². The second kappa shape index (κ2) is 10.3. The first-order valence-corrected chi connectivity index (χ1v) is 7.82. The zero-order chi connectivity index (χ0) is 18.2. The number of esters is 1. The van der Waals surface area contributed by atoms with Crippen molar-refractivity contribution in [3.8, 4) is 5.75 Å². The smallest absolute Gasteiger partial charge is 0.345 e. The van der Waals surface area contributed by atoms with E-state index in [1.807, 2.05) is 0 Å². The zero-order valence-electron chi connectivity index (χ0n) is 13.2. The van der Waals surface area contributed by atoms with Gasteiger partial charge in [0.15, 0.2) is 11.7 Å². The monoisotopic (exact) mass is 402 g/mol. The highest BCUT2D eigenvalue weighted by Gasteiger charge is 2.17. The number of halogens is 1. The van der Waals surface area contributed by atoms with Gasteiger partial charge in [0.25, 0.3) is 5.91 Å². The summed E-state index contributed by atoms with van der Waals surface area (Å²) in [5, 5.41) is 13.0. The molecule has 140 valence electrons. The van der Waals surface area contributed by atoms with Gasteiger partial charge in [-0.25, -0.2) is 9.78 Å². The third-order valence-electron chi connectivity index (χ3n) is 2.75. The van der Waals surface area contributed by atoms with Crippen LogP contribution in [0.5, 0.6) is 5.75 Å². The Morgan fingerprint density at radius 3 is 2.73 bits per heavy atom. The standard InChI is InChI=1S/C14H14N4O6S.ClH/c15-5-6-23-12(19)8-24-10-4-2-1-3-9(10)13(20)17-14-16-7-11(25-14)18(21)22;/h1-4,7H,5-6,8,15H2,(H,16,17,20);1H. The lowest BCUT2D eigenvalue weighted by Crippen LogP contribution is -2.20. The number of rotatable bonds is 8. The zero-order valence-corrected chi connectivity index (χ0v) is 14.9. The largest absolute Gasteiger partial charge is 0.481 e. The van der Waals surface area contributed by atoms with E-state index < -0.39 is 16.8 Å². The van der Waals surface area contributed by atoms with Gasteiger partial charge >= 0.3 is 11.0 Å². The lowest BCUT2D eigenvalue weighted by Gasteiger charge is -2.10. The fourth-order valence-corrected chi connectivity index (χ4v) is 2.33. The molecule has 0 aliphatic heterocycles. The minimum absolute atomic E-state index is 0. The van der Waals surface area contributed by atoms with E-state index in [1.54, 1.807) is 12.1 Å². The summed E-state index contributed by atoms with van der Waals surface area (Å²) >= 11 is 0.728. The van der Waals surface area contributed by atoms with Crippen LogP contribution in [0.2, 0.25) is 0 Å². The molecule has 12 heteroatoms. The Bertz CT molecular complexity index is 784. The highest BCUT2D eigenvalue weighted by Crippen LogP contribution is 2.26. The molecule has 0 spiro atoms. The normalized spacial score (nSPS) is 9.73. The molecule has 0 aliphatic rings. The molecule has 0 bridgehead atoms. The predicted molar refractivity (Wildman–Crippen MR) is 95.9 cm³/mol. The molecular weight excluding hydrogens is 388 g/mol. The van der Waals surface area contributed by atoms with Crippen LogP contribution in [0.15, 0.2) is 30.5 Å². The molecule has 0 radical (unpaired) electrons. The summed E-state index contributed by atoms with van der Waals surface area (Å²) < 4.78 is 10.1. The van der Waals surface area contributed by atoms with Crippen molar-refractivity contribution >= 4 is 45.8 Å². The van der Waals surface area contributed by atoms with Crippen LogP contribution in [0.4, 0.5) is 10.1 Å². The highest BCUT2D eigenvalue weighted by molar-refractivity contribution is 7.18. The number of thiazole rings is 1. The second-order valence-electron chi connectivity index (χ2n) is 4.51. The lowest BCUT2D eigenvalue weighted by atomic mass is 10.2. The van der Waals surface area contributed by atoms with E-state index in [4.69, 9.17) is 15.2 Å². The van der Waals surface area contributed by atoms with Crippen molar-refractivity contribution < 1.29 is 24.0 Å². The number of carbonyl (C=O) groups excluding carboxylic acids is 2. The molecule has 0 saturated carbocycles. The molecule has 1 amide bonds. The maximum atomic E-state index is 12.3. The molecule has 3 N–H and O–H groups in total. The summed E-state index contributed by atoms with van der Waals surface area (Å²) in [5.41, 5.74) is 5.37. The first-order chi connectivity index (χ1) is 12.0. The topological polar surface area (TPSA) is 147 Å². The predicted octanol–water partition coefficient (Wildman–Crippen LogP) is 1.61. The van der Waals surface area contributed by atoms with Gasteiger partial charge < -0.3 is 15.2 Å². The molecule has 0 fully saturated rings. The van der Waals surface area contributed by atoms with Gasteiger partial charge in [0.1, 0.15) is 18.6 Å². The molecule has 2 aromatic rings. The number of para-hydroxylation sites is 1. The van der Waals surface area contributed by atoms with Crippen LogP contribution in [-0.4, -0.2) is 41.5 Å². The molecule has 1 heterocycles. The first-order valence-electron chi connectivity index (χ1n) is 7.00. The molecule has 2 rings (SSSR count). The van der Waals surface area contributed by atoms with Gasteiger partial charge in [0.05, 0.1) is 10.5 Å². The van der Waals surface area contributed by atoms with E-state index in [1.165, 1.54) is 12.1 Å². The average Bonchev–Trinajstić information content (AvgIpc) is 3.07. The molecule has 1 aromatic carbocycles. The van der Waals surface area contributed by atoms with E-state index in [0.29, 0.717) is 0 Å². The number of ether oxygens (including phenoxy) is 2. The molecule has 1 aromatic heterocycles. The van der Waals surface area contributed by atoms with E-state index in [9.17, 15) is 19.7 Å². The highest BCUT2D eigenvalue weighted by atomic mass is 35.5. The fraction of sp³-hybridized carbons (Fsp3) is 0.214. The van der Waals surface area contributed by atoms with Gasteiger partial charge in [0, 0.05) is 6.54 Å². The number of nitrogens with one attached hydrogen (secondary N) is 1. The van der Waals surface area contributed by atoms with Gasteiger partial charge in [-0.3, -0.25) is 20.2 Å². The fourth-order valence-electron chi connectivity index (χ4n) is 1.70. The first kappa shape index (κ1) is 21.3. The van der Waals surface area contributed by atoms with Gasteiger partial charge in [-0.15, -0.1) is 12.4 Å². The summed E-state index contributed by atoms with van der Waals surface area (Å²) in [6.45, 7) is -0.106. The summed E-state index contributed by atoms with van der Waals surface area (Å²) in [6, 6.07) is 6.23. The van der Waals surface area contributed by atoms with Crippen LogP contribution >= 0.6 is 23.7 Å². The number of nitro groups is 1. The van der Waals surface area contributed by atoms with E-state index in [0.717, 1.165) is 17.5 Å². The van der Waals surface area contributed by atoms with Crippen LogP contribution < -0.4 is 15.8 Å². The van der Waals surface area contributed by atoms with Crippen molar-refractivity contribution in [2.24, 2.45) is 5.73 Å². The Morgan fingerprint density at radius 1 is 1.35 bits per heavy atom. The third kappa shape index (κ3) is 5.95. The van der Waals surface area contributed by atoms with E-state index in [2.05, 4.69) is 10.3 Å². The lowest BCUT2D eigenvalue weighted by molar-refractivity contribution is -0.380. The second-order valence-corrected chi connectivity index (χ2v) is 5.52. The van der Waals surface area contributed by atoms with Crippen molar-refractivity contribution in [1.29, 1.82) is 0 Å². The molecule has 26 heavy (non-hydrogen) atoms. The van der Waals surface area contributed by atoms with Gasteiger partial charge in [-0.05, 0) is 23.5 Å². The van der Waals surface area contributed by atoms with Gasteiger partial charge in [-0.2, -0.15) is 0 Å². The number of aromatic nitrogens is 1. The summed E-state index contributed by atoms with van der Waals surface area (Å²) in [7, 11) is 0. The minimum Gasteiger partial charge on any atom is -0.481 e. The number of carbonyl (C=O) groups is 2. The Balaban J connectivity index is 0.00000338. The van der Waals surface area contributed by atoms with Crippen LogP contribution in [0.1, 0.15) is 10.4 Å². The van der Waals surface area contributed by atoms with Crippen LogP contribution in [0, 0.1) is 10.1 Å². The molecular formula is C14H15ClN4O6S. The molecule has 0 atom stereocenters. The number of nitrogens with zero attached hydrogens (tertiary/aromatic N) is 2. The minimum atomic E-state index is -0.615. The number of benzene rings is 1. The number of nitrogens with two attached hydrogens (primary N) is 1. The molecule has 0 aliphatic carbocycles. The SMILES string of the molecule is Cl.NCCOC(=O)COc1ccccc1C(=O)Nc1ncc([N+](=O)[O-])s1. The average molecular weight is 403 g/mol. The van der Waals surface area contributed by atoms with Crippen molar-refractivity contribution in [2.45, 2.75) is 0 Å². The molecule has 0 saturated heterocycles. The maximum Gasteiger partial charge on any atom is 0.345 e. The van der Waals surface area contributed by atoms with Crippen molar-refractivity contribution in [3.63, 3.8) is 0 Å². The summed E-state index contributed by atoms with van der Waals surface area (Å²) in [5.74, 6) is -1.03. The summed E-state index contributed by atoms with van der Waals surface area (Å²) in [4.78, 5) is 37.5. The Hall–Kier alpha value is -2.76. The quantitative estimate of drug-likeness (QED) is 0.384. The summed E-state index contributed by atoms with van der Waals surface area (Å²) in [6.07, 6.45) is 1.05. The number of anilines is 1. The van der Waals surface area contributed by atoms with E-state index >= 15 is 0 Å². The van der Waals surface area contributed by atoms with Crippen LogP contribution in [0.25, 0.3) is 0 Å². The van der Waals surface area contributed by atoms with Crippen molar-refractivity contribution in [2.75, 3.05) is 25.1 Å². The van der Waals surface area contributed by atoms with Gasteiger partial charge in [0.2, 0.25) is 0 Å². The Kier molecular flexibility index (Phi) is 8.42. The number of amides is 1. The maximum absolute atomic E-state index is 12.3. The van der Waals surface area contributed by atoms with E-state index in [-0.39, 0.29) is 53.6 Å². The van der Waals surface area contributed by atoms with Crippen LogP contribution in [0.3, 0.4) is 0 Å². The van der Waals surface area contributed by atoms with Crippen molar-refractivity contribution in [1.82, 2.24) is 4.98 Å². The van der Waals surface area contributed by atoms with Crippen molar-refractivity contribution in [3.05, 3.63) is 46.1 Å². The Labute approximate surface area is 157 Å². The number of hydrogen-bond donors (Lipinski definition) is 2.